The van der Waals surface area contributed by atoms with E-state index in [-0.39, 0.29) is 23.5 Å². The van der Waals surface area contributed by atoms with Gasteiger partial charge in [-0.2, -0.15) is 0 Å². The number of H-pyrrole nitrogens is 1. The summed E-state index contributed by atoms with van der Waals surface area (Å²) < 4.78 is 1.05. The van der Waals surface area contributed by atoms with Crippen LogP contribution in [0.15, 0.2) is 57.0 Å². The molecule has 0 fully saturated rings. The highest BCUT2D eigenvalue weighted by atomic mass is 16.6. The van der Waals surface area contributed by atoms with E-state index in [1.165, 1.54) is 6.07 Å². The molecule has 0 aliphatic rings. The van der Waals surface area contributed by atoms with Crippen LogP contribution in [-0.2, 0) is 13.0 Å². The Balaban J connectivity index is 1.96. The number of hydrogen-bond donors (Lipinski definition) is 2. The summed E-state index contributed by atoms with van der Waals surface area (Å²) in [5, 5.41) is 21.7. The molecule has 2 N–H and O–H groups in total. The Kier molecular flexibility index (Phi) is 5.91. The third kappa shape index (κ3) is 4.35. The van der Waals surface area contributed by atoms with Crippen LogP contribution in [-0.4, -0.2) is 25.8 Å². The summed E-state index contributed by atoms with van der Waals surface area (Å²) in [6.07, 6.45) is 1.57. The molecule has 3 rings (SSSR count). The van der Waals surface area contributed by atoms with Gasteiger partial charge in [0, 0.05) is 24.4 Å². The minimum atomic E-state index is -0.796. The van der Waals surface area contributed by atoms with E-state index in [0.717, 1.165) is 16.3 Å². The van der Waals surface area contributed by atoms with Crippen molar-refractivity contribution in [1.82, 2.24) is 9.55 Å². The van der Waals surface area contributed by atoms with Gasteiger partial charge in [0.2, 0.25) is 5.88 Å². The molecule has 0 aliphatic heterocycles. The van der Waals surface area contributed by atoms with Crippen LogP contribution in [0, 0.1) is 24.0 Å². The van der Waals surface area contributed by atoms with Crippen molar-refractivity contribution in [3.63, 3.8) is 0 Å². The molecule has 9 heteroatoms. The van der Waals surface area contributed by atoms with Crippen LogP contribution in [0.2, 0.25) is 0 Å². The van der Waals surface area contributed by atoms with Gasteiger partial charge in [-0.25, -0.2) is 4.79 Å². The van der Waals surface area contributed by atoms with E-state index in [0.29, 0.717) is 17.5 Å². The van der Waals surface area contributed by atoms with Crippen molar-refractivity contribution >= 4 is 17.6 Å². The number of nitrogens with one attached hydrogen (secondary N) is 1. The topological polar surface area (TPSA) is 131 Å². The van der Waals surface area contributed by atoms with Crippen molar-refractivity contribution in [3.05, 3.63) is 95.7 Å². The number of aromatic nitrogens is 2. The zero-order valence-corrected chi connectivity index (χ0v) is 16.5. The van der Waals surface area contributed by atoms with Crippen LogP contribution in [0.1, 0.15) is 22.3 Å². The average Bonchev–Trinajstić information content (AvgIpc) is 2.70. The minimum absolute atomic E-state index is 0.0897. The summed E-state index contributed by atoms with van der Waals surface area (Å²) in [7, 11) is 0. The highest BCUT2D eigenvalue weighted by molar-refractivity contribution is 5.84. The molecule has 1 aromatic heterocycles. The first kappa shape index (κ1) is 20.7. The van der Waals surface area contributed by atoms with Crippen molar-refractivity contribution in [2.45, 2.75) is 26.8 Å². The van der Waals surface area contributed by atoms with E-state index < -0.39 is 22.1 Å². The molecular formula is C21H20N4O5. The number of hydrogen-bond acceptors (Lipinski definition) is 6. The van der Waals surface area contributed by atoms with Crippen LogP contribution >= 0.6 is 0 Å². The molecule has 0 saturated heterocycles. The quantitative estimate of drug-likeness (QED) is 0.368. The molecule has 0 bridgehead atoms. The number of aromatic hydroxyl groups is 1. The third-order valence-electron chi connectivity index (χ3n) is 4.84. The van der Waals surface area contributed by atoms with Crippen LogP contribution in [0.3, 0.4) is 0 Å². The van der Waals surface area contributed by atoms with Crippen molar-refractivity contribution < 1.29 is 10.0 Å². The van der Waals surface area contributed by atoms with Gasteiger partial charge in [0.1, 0.15) is 5.56 Å². The van der Waals surface area contributed by atoms with Crippen LogP contribution in [0.25, 0.3) is 0 Å². The van der Waals surface area contributed by atoms with Crippen molar-refractivity contribution in [2.24, 2.45) is 4.99 Å². The van der Waals surface area contributed by atoms with E-state index in [1.54, 1.807) is 19.9 Å². The fourth-order valence-corrected chi connectivity index (χ4v) is 3.01. The lowest BCUT2D eigenvalue weighted by molar-refractivity contribution is -0.385. The van der Waals surface area contributed by atoms with Gasteiger partial charge in [0.25, 0.3) is 11.2 Å². The molecule has 9 nitrogen and oxygen atoms in total. The van der Waals surface area contributed by atoms with Gasteiger partial charge in [-0.3, -0.25) is 29.5 Å². The van der Waals surface area contributed by atoms with Crippen molar-refractivity contribution in [2.75, 3.05) is 0 Å². The number of rotatable bonds is 6. The number of nitrogens with zero attached hydrogens (tertiary/aromatic N) is 3. The zero-order chi connectivity index (χ0) is 21.8. The molecule has 0 saturated carbocycles. The normalized spacial score (nSPS) is 11.1. The summed E-state index contributed by atoms with van der Waals surface area (Å²) >= 11 is 0. The van der Waals surface area contributed by atoms with Crippen LogP contribution < -0.4 is 11.2 Å². The van der Waals surface area contributed by atoms with Gasteiger partial charge in [0.05, 0.1) is 10.6 Å². The monoisotopic (exact) mass is 408 g/mol. The Labute approximate surface area is 171 Å². The average molecular weight is 408 g/mol. The minimum Gasteiger partial charge on any atom is -0.494 e. The van der Waals surface area contributed by atoms with Crippen molar-refractivity contribution in [1.29, 1.82) is 0 Å². The molecule has 0 amide bonds. The van der Waals surface area contributed by atoms with Crippen LogP contribution in [0.4, 0.5) is 11.4 Å². The van der Waals surface area contributed by atoms with E-state index >= 15 is 0 Å². The lowest BCUT2D eigenvalue weighted by Gasteiger charge is -2.09. The number of aryl methyl sites for hydroxylation is 2. The van der Waals surface area contributed by atoms with Gasteiger partial charge >= 0.3 is 5.69 Å². The van der Waals surface area contributed by atoms with Gasteiger partial charge in [-0.05, 0) is 37.5 Å². The van der Waals surface area contributed by atoms with Crippen LogP contribution in [0.5, 0.6) is 5.88 Å². The second kappa shape index (κ2) is 8.56. The highest BCUT2D eigenvalue weighted by Crippen LogP contribution is 2.27. The standard InChI is InChI=1S/C21H20N4O5/c1-13-10-16(11-18(14(13)2)25(29)30)22-12-17-19(26)23-21(28)24(20(17)27)9-8-15-6-4-3-5-7-15/h3-7,10-12,27H,8-9H2,1-2H3,(H,23,26,28). The Hall–Kier alpha value is -4.01. The number of nitro benzene ring substituents is 1. The molecule has 3 aromatic rings. The fraction of sp³-hybridized carbons (Fsp3) is 0.190. The smallest absolute Gasteiger partial charge is 0.331 e. The van der Waals surface area contributed by atoms with Gasteiger partial charge in [-0.1, -0.05) is 30.3 Å². The van der Waals surface area contributed by atoms with E-state index in [1.807, 2.05) is 30.3 Å². The molecule has 2 aromatic carbocycles. The molecule has 0 radical (unpaired) electrons. The maximum absolute atomic E-state index is 12.2. The largest absolute Gasteiger partial charge is 0.494 e. The molecule has 0 aliphatic carbocycles. The SMILES string of the molecule is Cc1cc(N=Cc2c(O)n(CCc3ccccc3)c(=O)[nH]c2=O)cc([N+](=O)[O-])c1C. The molecule has 0 unspecified atom stereocenters. The van der Waals surface area contributed by atoms with E-state index in [9.17, 15) is 24.8 Å². The predicted octanol–water partition coefficient (Wildman–Crippen LogP) is 2.76. The molecule has 0 spiro atoms. The lowest BCUT2D eigenvalue weighted by atomic mass is 10.1. The summed E-state index contributed by atoms with van der Waals surface area (Å²) in [5.41, 5.74) is 0.592. The van der Waals surface area contributed by atoms with Gasteiger partial charge in [-0.15, -0.1) is 0 Å². The summed E-state index contributed by atoms with van der Waals surface area (Å²) in [6.45, 7) is 3.51. The van der Waals surface area contributed by atoms with Gasteiger partial charge in [0.15, 0.2) is 0 Å². The Morgan fingerprint density at radius 1 is 1.20 bits per heavy atom. The molecule has 154 valence electrons. The first-order valence-electron chi connectivity index (χ1n) is 9.17. The lowest BCUT2D eigenvalue weighted by Crippen LogP contribution is -2.32. The summed E-state index contributed by atoms with van der Waals surface area (Å²) in [5.74, 6) is -0.512. The summed E-state index contributed by atoms with van der Waals surface area (Å²) in [6, 6.07) is 12.3. The number of aliphatic imine (C=N–C) groups is 1. The highest BCUT2D eigenvalue weighted by Gasteiger charge is 2.15. The Morgan fingerprint density at radius 2 is 1.90 bits per heavy atom. The second-order valence-corrected chi connectivity index (χ2v) is 6.81. The maximum Gasteiger partial charge on any atom is 0.331 e. The summed E-state index contributed by atoms with van der Waals surface area (Å²) in [4.78, 5) is 41.3. The molecule has 1 heterocycles. The van der Waals surface area contributed by atoms with Gasteiger partial charge < -0.3 is 5.11 Å². The van der Waals surface area contributed by atoms with Crippen molar-refractivity contribution in [3.8, 4) is 5.88 Å². The Morgan fingerprint density at radius 3 is 2.57 bits per heavy atom. The third-order valence-corrected chi connectivity index (χ3v) is 4.84. The molecule has 30 heavy (non-hydrogen) atoms. The maximum atomic E-state index is 12.2. The number of aromatic amines is 1. The molecule has 0 atom stereocenters. The predicted molar refractivity (Wildman–Crippen MR) is 113 cm³/mol. The van der Waals surface area contributed by atoms with E-state index in [2.05, 4.69) is 9.98 Å². The van der Waals surface area contributed by atoms with E-state index in [4.69, 9.17) is 0 Å². The zero-order valence-electron chi connectivity index (χ0n) is 16.5. The Bertz CT molecular complexity index is 1240. The first-order chi connectivity index (χ1) is 14.3. The number of benzene rings is 2. The number of nitro groups is 1. The first-order valence-corrected chi connectivity index (χ1v) is 9.17. The second-order valence-electron chi connectivity index (χ2n) is 6.81. The molecular weight excluding hydrogens is 388 g/mol. The fourth-order valence-electron chi connectivity index (χ4n) is 3.01.